The normalized spacial score (nSPS) is 12.0. The molecule has 7 heteroatoms. The monoisotopic (exact) mass is 619 g/mol. The number of carbonyl (C=O) groups excluding carboxylic acids is 3. The van der Waals surface area contributed by atoms with E-state index in [4.69, 9.17) is 0 Å². The van der Waals surface area contributed by atoms with Crippen LogP contribution in [-0.2, 0) is 11.2 Å². The van der Waals surface area contributed by atoms with Crippen molar-refractivity contribution in [3.8, 4) is 11.1 Å². The summed E-state index contributed by atoms with van der Waals surface area (Å²) < 4.78 is 0. The number of aromatic amines is 1. The highest BCUT2D eigenvalue weighted by molar-refractivity contribution is 8.00. The zero-order valence-electron chi connectivity index (χ0n) is 24.7. The van der Waals surface area contributed by atoms with Crippen molar-refractivity contribution in [2.75, 3.05) is 11.1 Å². The number of hydrogen-bond donors (Lipinski definition) is 3. The molecule has 5 aromatic carbocycles. The van der Waals surface area contributed by atoms with E-state index in [0.29, 0.717) is 22.6 Å². The number of anilines is 1. The summed E-state index contributed by atoms with van der Waals surface area (Å²) in [6.07, 6.45) is 4.38. The Balaban J connectivity index is 1.03. The Morgan fingerprint density at radius 1 is 0.739 bits per heavy atom. The molecule has 0 spiro atoms. The molecule has 0 atom stereocenters. The molecule has 7 rings (SSSR count). The number of nitrogens with one attached hydrogen (secondary N) is 3. The Morgan fingerprint density at radius 2 is 1.48 bits per heavy atom. The second kappa shape index (κ2) is 12.8. The topological polar surface area (TPSA) is 91.1 Å². The molecule has 0 fully saturated rings. The number of rotatable bonds is 9. The summed E-state index contributed by atoms with van der Waals surface area (Å²) in [5, 5.41) is 6.63. The summed E-state index contributed by atoms with van der Waals surface area (Å²) in [5.74, 6) is -0.472. The lowest BCUT2D eigenvalue weighted by Crippen LogP contribution is -2.30. The van der Waals surface area contributed by atoms with Gasteiger partial charge in [-0.25, -0.2) is 0 Å². The molecular weight excluding hydrogens is 591 g/mol. The molecule has 0 bridgehead atoms. The minimum atomic E-state index is -0.455. The third-order valence-electron chi connectivity index (χ3n) is 8.05. The minimum Gasteiger partial charge on any atom is -0.361 e. The average molecular weight is 620 g/mol. The summed E-state index contributed by atoms with van der Waals surface area (Å²) in [4.78, 5) is 43.7. The van der Waals surface area contributed by atoms with Gasteiger partial charge in [0, 0.05) is 44.4 Å². The van der Waals surface area contributed by atoms with Crippen molar-refractivity contribution in [2.24, 2.45) is 0 Å². The van der Waals surface area contributed by atoms with Crippen LogP contribution in [0.1, 0.15) is 37.4 Å². The maximum atomic E-state index is 13.5. The SMILES string of the molecule is O=C(Nc1ccc(SCC(=O)c2ccc3c(c2)-c2ccccc2C3)cc1)C(=Cc1c[nH]c2ccccc12)NC(=O)c1ccccc1. The van der Waals surface area contributed by atoms with E-state index in [1.54, 1.807) is 42.5 Å². The van der Waals surface area contributed by atoms with E-state index in [1.807, 2.05) is 66.9 Å². The average Bonchev–Trinajstić information content (AvgIpc) is 3.68. The van der Waals surface area contributed by atoms with Crippen LogP contribution in [0.2, 0.25) is 0 Å². The van der Waals surface area contributed by atoms with Crippen LogP contribution in [0.15, 0.2) is 138 Å². The van der Waals surface area contributed by atoms with Crippen molar-refractivity contribution in [2.45, 2.75) is 11.3 Å². The van der Waals surface area contributed by atoms with Crippen LogP contribution in [0.3, 0.4) is 0 Å². The Labute approximate surface area is 270 Å². The van der Waals surface area contributed by atoms with Gasteiger partial charge in [0.15, 0.2) is 5.78 Å². The van der Waals surface area contributed by atoms with Gasteiger partial charge >= 0.3 is 0 Å². The van der Waals surface area contributed by atoms with Gasteiger partial charge in [0.2, 0.25) is 0 Å². The number of thioether (sulfide) groups is 1. The Bertz CT molecular complexity index is 2130. The van der Waals surface area contributed by atoms with Crippen LogP contribution >= 0.6 is 11.8 Å². The Morgan fingerprint density at radius 3 is 2.33 bits per heavy atom. The smallest absolute Gasteiger partial charge is 0.272 e. The van der Waals surface area contributed by atoms with E-state index in [-0.39, 0.29) is 17.4 Å². The first-order valence-electron chi connectivity index (χ1n) is 14.9. The predicted octanol–water partition coefficient (Wildman–Crippen LogP) is 8.12. The lowest BCUT2D eigenvalue weighted by molar-refractivity contribution is -0.113. The number of hydrogen-bond acceptors (Lipinski definition) is 4. The number of benzene rings is 5. The molecule has 224 valence electrons. The molecular formula is C39H29N3O3S. The first kappa shape index (κ1) is 29.1. The molecule has 1 aliphatic carbocycles. The highest BCUT2D eigenvalue weighted by Crippen LogP contribution is 2.37. The lowest BCUT2D eigenvalue weighted by Gasteiger charge is -2.12. The van der Waals surface area contributed by atoms with Gasteiger partial charge in [-0.3, -0.25) is 14.4 Å². The molecule has 0 saturated heterocycles. The largest absolute Gasteiger partial charge is 0.361 e. The molecule has 6 nitrogen and oxygen atoms in total. The summed E-state index contributed by atoms with van der Waals surface area (Å²) in [6, 6.07) is 38.2. The zero-order chi connectivity index (χ0) is 31.5. The molecule has 6 aromatic rings. The van der Waals surface area contributed by atoms with Crippen LogP contribution in [0.25, 0.3) is 28.1 Å². The Hall–Kier alpha value is -5.66. The van der Waals surface area contributed by atoms with Gasteiger partial charge in [0.25, 0.3) is 11.8 Å². The predicted molar refractivity (Wildman–Crippen MR) is 185 cm³/mol. The summed E-state index contributed by atoms with van der Waals surface area (Å²) in [7, 11) is 0. The highest BCUT2D eigenvalue weighted by Gasteiger charge is 2.20. The fourth-order valence-corrected chi connectivity index (χ4v) is 6.47. The minimum absolute atomic E-state index is 0.0655. The van der Waals surface area contributed by atoms with E-state index >= 15 is 0 Å². The quantitative estimate of drug-likeness (QED) is 0.0865. The second-order valence-corrected chi connectivity index (χ2v) is 12.1. The third-order valence-corrected chi connectivity index (χ3v) is 9.06. The number of fused-ring (bicyclic) bond motifs is 4. The molecule has 0 saturated carbocycles. The number of ketones is 1. The van der Waals surface area contributed by atoms with Gasteiger partial charge in [-0.2, -0.15) is 0 Å². The number of Topliss-reactive ketones (excluding diaryl/α,β-unsaturated/α-hetero) is 1. The standard InChI is InChI=1S/C39H29N3O3S/c43-37(28-15-14-27-20-26-10-4-5-11-32(26)34(27)21-28)24-46-31-18-16-30(17-19-31)41-39(45)36(42-38(44)25-8-2-1-3-9-25)22-29-23-40-35-13-7-6-12-33(29)35/h1-19,21-23,40H,20,24H2,(H,41,45)(H,42,44). The molecule has 1 heterocycles. The number of para-hydroxylation sites is 1. The number of carbonyl (C=O) groups is 3. The van der Waals surface area contributed by atoms with Gasteiger partial charge in [-0.15, -0.1) is 11.8 Å². The molecule has 3 N–H and O–H groups in total. The van der Waals surface area contributed by atoms with Crippen LogP contribution in [0.4, 0.5) is 5.69 Å². The molecule has 0 aliphatic heterocycles. The van der Waals surface area contributed by atoms with Crippen molar-refractivity contribution in [3.05, 3.63) is 161 Å². The van der Waals surface area contributed by atoms with Crippen molar-refractivity contribution >= 4 is 52.0 Å². The lowest BCUT2D eigenvalue weighted by atomic mass is 10.0. The number of amides is 2. The van der Waals surface area contributed by atoms with Crippen molar-refractivity contribution in [1.82, 2.24) is 10.3 Å². The summed E-state index contributed by atoms with van der Waals surface area (Å²) in [6.45, 7) is 0. The van der Waals surface area contributed by atoms with Gasteiger partial charge in [-0.05, 0) is 83.3 Å². The molecule has 46 heavy (non-hydrogen) atoms. The zero-order valence-corrected chi connectivity index (χ0v) is 25.6. The van der Waals surface area contributed by atoms with E-state index in [1.165, 1.54) is 28.5 Å². The fourth-order valence-electron chi connectivity index (χ4n) is 5.67. The van der Waals surface area contributed by atoms with Crippen molar-refractivity contribution in [3.63, 3.8) is 0 Å². The van der Waals surface area contributed by atoms with Crippen LogP contribution in [0, 0.1) is 0 Å². The van der Waals surface area contributed by atoms with E-state index in [9.17, 15) is 14.4 Å². The van der Waals surface area contributed by atoms with Crippen LogP contribution < -0.4 is 10.6 Å². The number of aromatic nitrogens is 1. The van der Waals surface area contributed by atoms with Gasteiger partial charge in [0.05, 0.1) is 5.75 Å². The van der Waals surface area contributed by atoms with Gasteiger partial charge < -0.3 is 15.6 Å². The summed E-state index contributed by atoms with van der Waals surface area (Å²) >= 11 is 1.45. The molecule has 0 unspecified atom stereocenters. The maximum absolute atomic E-state index is 13.5. The van der Waals surface area contributed by atoms with Crippen LogP contribution in [-0.4, -0.2) is 28.3 Å². The fraction of sp³-hybridized carbons (Fsp3) is 0.0513. The van der Waals surface area contributed by atoms with Crippen molar-refractivity contribution < 1.29 is 14.4 Å². The van der Waals surface area contributed by atoms with Crippen LogP contribution in [0.5, 0.6) is 0 Å². The van der Waals surface area contributed by atoms with Gasteiger partial charge in [0.1, 0.15) is 5.70 Å². The second-order valence-electron chi connectivity index (χ2n) is 11.1. The molecule has 1 aromatic heterocycles. The van der Waals surface area contributed by atoms with Gasteiger partial charge in [-0.1, -0.05) is 72.8 Å². The first-order chi connectivity index (χ1) is 22.5. The van der Waals surface area contributed by atoms with E-state index in [0.717, 1.165) is 33.3 Å². The number of H-pyrrole nitrogens is 1. The van der Waals surface area contributed by atoms with E-state index < -0.39 is 5.91 Å². The van der Waals surface area contributed by atoms with E-state index in [2.05, 4.69) is 39.9 Å². The first-order valence-corrected chi connectivity index (χ1v) is 15.9. The Kier molecular flexibility index (Phi) is 8.06. The molecule has 0 radical (unpaired) electrons. The molecule has 2 amide bonds. The van der Waals surface area contributed by atoms with Crippen molar-refractivity contribution in [1.29, 1.82) is 0 Å². The third kappa shape index (κ3) is 6.14. The summed E-state index contributed by atoms with van der Waals surface area (Å²) in [5.41, 5.74) is 8.43. The maximum Gasteiger partial charge on any atom is 0.272 e. The molecule has 1 aliphatic rings. The highest BCUT2D eigenvalue weighted by atomic mass is 32.2.